The molecule has 0 saturated heterocycles. The van der Waals surface area contributed by atoms with E-state index >= 15 is 0 Å². The van der Waals surface area contributed by atoms with Gasteiger partial charge in [0, 0.05) is 6.54 Å². The molecule has 0 fully saturated rings. The highest BCUT2D eigenvalue weighted by molar-refractivity contribution is 7.90. The SMILES string of the molecule is Cc1cccc(-c2cc(C(C)C)c(CC(=O)NS(=O)(=O)c3ccc(CN(C)C)cc3)c(C(C)C)c2)c1C. The second-order valence-electron chi connectivity index (χ2n) is 10.8. The van der Waals surface area contributed by atoms with Gasteiger partial charge in [0.05, 0.1) is 11.3 Å². The molecule has 1 N–H and O–H groups in total. The molecule has 0 aliphatic rings. The van der Waals surface area contributed by atoms with Crippen LogP contribution in [0.2, 0.25) is 0 Å². The summed E-state index contributed by atoms with van der Waals surface area (Å²) in [5.41, 5.74) is 8.84. The molecule has 0 unspecified atom stereocenters. The lowest BCUT2D eigenvalue weighted by Crippen LogP contribution is -2.32. The summed E-state index contributed by atoms with van der Waals surface area (Å²) in [6, 6.07) is 17.3. The largest absolute Gasteiger partial charge is 0.305 e. The van der Waals surface area contributed by atoms with Gasteiger partial charge in [-0.15, -0.1) is 0 Å². The number of carbonyl (C=O) groups excluding carboxylic acids is 1. The number of hydrogen-bond donors (Lipinski definition) is 1. The van der Waals surface area contributed by atoms with Crippen LogP contribution < -0.4 is 4.72 Å². The summed E-state index contributed by atoms with van der Waals surface area (Å²) < 4.78 is 28.2. The summed E-state index contributed by atoms with van der Waals surface area (Å²) in [6.07, 6.45) is 0.00600. The van der Waals surface area contributed by atoms with Gasteiger partial charge in [-0.25, -0.2) is 13.1 Å². The molecule has 0 radical (unpaired) electrons. The fourth-order valence-corrected chi connectivity index (χ4v) is 5.70. The zero-order valence-corrected chi connectivity index (χ0v) is 24.2. The molecule has 0 spiro atoms. The van der Waals surface area contributed by atoms with Gasteiger partial charge in [0.15, 0.2) is 0 Å². The number of benzene rings is 3. The first-order valence-corrected chi connectivity index (χ1v) is 14.3. The first-order chi connectivity index (χ1) is 17.3. The summed E-state index contributed by atoms with van der Waals surface area (Å²) in [7, 11) is -0.0564. The summed E-state index contributed by atoms with van der Waals surface area (Å²) in [5.74, 6) is -0.182. The Balaban J connectivity index is 1.95. The molecule has 0 aliphatic carbocycles. The van der Waals surface area contributed by atoms with Crippen molar-refractivity contribution in [2.45, 2.75) is 71.2 Å². The molecule has 0 heterocycles. The van der Waals surface area contributed by atoms with Crippen LogP contribution in [0.1, 0.15) is 72.9 Å². The lowest BCUT2D eigenvalue weighted by atomic mass is 9.83. The third-order valence-corrected chi connectivity index (χ3v) is 8.19. The molecule has 0 bridgehead atoms. The van der Waals surface area contributed by atoms with E-state index in [-0.39, 0.29) is 23.2 Å². The number of nitrogens with one attached hydrogen (secondary N) is 1. The Morgan fingerprint density at radius 1 is 0.892 bits per heavy atom. The number of amides is 1. The van der Waals surface area contributed by atoms with E-state index in [1.807, 2.05) is 19.0 Å². The normalized spacial score (nSPS) is 12.0. The van der Waals surface area contributed by atoms with Gasteiger partial charge in [-0.05, 0) is 96.4 Å². The van der Waals surface area contributed by atoms with Crippen LogP contribution >= 0.6 is 0 Å². The van der Waals surface area contributed by atoms with Crippen LogP contribution in [0.5, 0.6) is 0 Å². The van der Waals surface area contributed by atoms with Crippen molar-refractivity contribution < 1.29 is 13.2 Å². The van der Waals surface area contributed by atoms with Crippen molar-refractivity contribution in [3.8, 4) is 11.1 Å². The third kappa shape index (κ3) is 6.88. The van der Waals surface area contributed by atoms with E-state index in [0.717, 1.165) is 27.8 Å². The summed E-state index contributed by atoms with van der Waals surface area (Å²) >= 11 is 0. The molecule has 0 saturated carbocycles. The number of sulfonamides is 1. The van der Waals surface area contributed by atoms with Crippen LogP contribution in [0.3, 0.4) is 0 Å². The van der Waals surface area contributed by atoms with Crippen molar-refractivity contribution in [2.75, 3.05) is 14.1 Å². The Morgan fingerprint density at radius 2 is 1.46 bits per heavy atom. The van der Waals surface area contributed by atoms with Gasteiger partial charge >= 0.3 is 0 Å². The van der Waals surface area contributed by atoms with Crippen molar-refractivity contribution in [3.05, 3.63) is 88.0 Å². The van der Waals surface area contributed by atoms with Crippen LogP contribution in [-0.4, -0.2) is 33.3 Å². The molecule has 3 rings (SSSR count). The molecule has 5 nitrogen and oxygen atoms in total. The third-order valence-electron chi connectivity index (χ3n) is 6.80. The lowest BCUT2D eigenvalue weighted by molar-refractivity contribution is -0.118. The first-order valence-electron chi connectivity index (χ1n) is 12.8. The number of nitrogens with zero attached hydrogens (tertiary/aromatic N) is 1. The van der Waals surface area contributed by atoms with Crippen LogP contribution in [-0.2, 0) is 27.8 Å². The molecule has 1 amide bonds. The molecule has 0 aliphatic heterocycles. The fraction of sp³-hybridized carbons (Fsp3) is 0.387. The highest BCUT2D eigenvalue weighted by Crippen LogP contribution is 2.35. The number of rotatable bonds is 9. The molecule has 3 aromatic carbocycles. The van der Waals surface area contributed by atoms with Crippen molar-refractivity contribution >= 4 is 15.9 Å². The zero-order chi connectivity index (χ0) is 27.5. The minimum absolute atomic E-state index is 0.00600. The molecule has 3 aromatic rings. The smallest absolute Gasteiger partial charge is 0.264 e. The minimum atomic E-state index is -3.97. The standard InChI is InChI=1S/C31H40N2O3S/c1-20(2)28-16-25(27-11-9-10-22(5)23(27)6)17-29(21(3)4)30(28)18-31(34)32-37(35,36)26-14-12-24(13-15-26)19-33(7)8/h9-17,20-21H,18-19H2,1-8H3,(H,32,34). The Kier molecular flexibility index (Phi) is 8.98. The Labute approximate surface area is 223 Å². The summed E-state index contributed by atoms with van der Waals surface area (Å²) in [4.78, 5) is 15.2. The molecule has 37 heavy (non-hydrogen) atoms. The molecule has 6 heteroatoms. The topological polar surface area (TPSA) is 66.5 Å². The van der Waals surface area contributed by atoms with Gasteiger partial charge in [-0.3, -0.25) is 4.79 Å². The van der Waals surface area contributed by atoms with Crippen molar-refractivity contribution in [1.82, 2.24) is 9.62 Å². The van der Waals surface area contributed by atoms with Crippen molar-refractivity contribution in [2.24, 2.45) is 0 Å². The molecule has 0 atom stereocenters. The van der Waals surface area contributed by atoms with E-state index in [1.165, 1.54) is 16.7 Å². The highest BCUT2D eigenvalue weighted by Gasteiger charge is 2.23. The van der Waals surface area contributed by atoms with E-state index in [2.05, 4.69) is 76.6 Å². The highest BCUT2D eigenvalue weighted by atomic mass is 32.2. The van der Waals surface area contributed by atoms with Crippen molar-refractivity contribution in [1.29, 1.82) is 0 Å². The quantitative estimate of drug-likeness (QED) is 0.358. The molecule has 198 valence electrons. The Hall–Kier alpha value is -2.96. The molecular formula is C31H40N2O3S. The maximum atomic E-state index is 13.1. The predicted octanol–water partition coefficient (Wildman–Crippen LogP) is 6.33. The zero-order valence-electron chi connectivity index (χ0n) is 23.3. The lowest BCUT2D eigenvalue weighted by Gasteiger charge is -2.22. The number of carbonyl (C=O) groups is 1. The Bertz CT molecular complexity index is 1340. The first kappa shape index (κ1) is 28.6. The maximum absolute atomic E-state index is 13.1. The van der Waals surface area contributed by atoms with E-state index in [0.29, 0.717) is 6.54 Å². The van der Waals surface area contributed by atoms with Gasteiger partial charge in [0.25, 0.3) is 10.0 Å². The Morgan fingerprint density at radius 3 is 1.97 bits per heavy atom. The van der Waals surface area contributed by atoms with Crippen LogP contribution in [0.25, 0.3) is 11.1 Å². The minimum Gasteiger partial charge on any atom is -0.305 e. The van der Waals surface area contributed by atoms with Gasteiger partial charge in [0.1, 0.15) is 0 Å². The van der Waals surface area contributed by atoms with E-state index in [9.17, 15) is 13.2 Å². The van der Waals surface area contributed by atoms with E-state index in [4.69, 9.17) is 0 Å². The van der Waals surface area contributed by atoms with Crippen LogP contribution in [0.4, 0.5) is 0 Å². The summed E-state index contributed by atoms with van der Waals surface area (Å²) in [6.45, 7) is 13.4. The molecule has 0 aromatic heterocycles. The van der Waals surface area contributed by atoms with Gasteiger partial charge < -0.3 is 4.90 Å². The maximum Gasteiger partial charge on any atom is 0.264 e. The predicted molar refractivity (Wildman–Crippen MR) is 152 cm³/mol. The monoisotopic (exact) mass is 520 g/mol. The van der Waals surface area contributed by atoms with Crippen LogP contribution in [0.15, 0.2) is 59.5 Å². The fourth-order valence-electron chi connectivity index (χ4n) is 4.72. The van der Waals surface area contributed by atoms with Crippen LogP contribution in [0, 0.1) is 13.8 Å². The second-order valence-corrected chi connectivity index (χ2v) is 12.5. The average molecular weight is 521 g/mol. The summed E-state index contributed by atoms with van der Waals surface area (Å²) in [5, 5.41) is 0. The average Bonchev–Trinajstić information content (AvgIpc) is 2.80. The number of hydrogen-bond acceptors (Lipinski definition) is 4. The number of aryl methyl sites for hydroxylation is 1. The van der Waals surface area contributed by atoms with E-state index < -0.39 is 15.9 Å². The van der Waals surface area contributed by atoms with Gasteiger partial charge in [-0.2, -0.15) is 0 Å². The van der Waals surface area contributed by atoms with Crippen molar-refractivity contribution in [3.63, 3.8) is 0 Å². The van der Waals surface area contributed by atoms with E-state index in [1.54, 1.807) is 24.3 Å². The van der Waals surface area contributed by atoms with Gasteiger partial charge in [0.2, 0.25) is 5.91 Å². The second kappa shape index (κ2) is 11.6. The van der Waals surface area contributed by atoms with Gasteiger partial charge in [-0.1, -0.05) is 70.2 Å². The molecular weight excluding hydrogens is 480 g/mol.